The highest BCUT2D eigenvalue weighted by Crippen LogP contribution is 2.57. The third kappa shape index (κ3) is 1.84. The summed E-state index contributed by atoms with van der Waals surface area (Å²) in [7, 11) is 1.40. The van der Waals surface area contributed by atoms with E-state index in [1.165, 1.54) is 7.11 Å². The highest BCUT2D eigenvalue weighted by atomic mass is 79.9. The number of carbonyl (C=O) groups excluding carboxylic acids is 2. The Kier molecular flexibility index (Phi) is 4.15. The molecule has 0 aliphatic heterocycles. The Bertz CT molecular complexity index is 345. The number of hydrogen-bond acceptors (Lipinski definition) is 3. The lowest BCUT2D eigenvalue weighted by Gasteiger charge is -2.37. The number of halogens is 1. The number of ketones is 1. The van der Waals surface area contributed by atoms with Gasteiger partial charge in [0, 0.05) is 11.8 Å². The van der Waals surface area contributed by atoms with Crippen molar-refractivity contribution in [1.29, 1.82) is 0 Å². The van der Waals surface area contributed by atoms with Gasteiger partial charge in [0.15, 0.2) is 0 Å². The number of rotatable bonds is 3. The summed E-state index contributed by atoms with van der Waals surface area (Å²) >= 11 is 3.54. The van der Waals surface area contributed by atoms with Gasteiger partial charge in [0.05, 0.1) is 7.11 Å². The van der Waals surface area contributed by atoms with Crippen LogP contribution in [0.2, 0.25) is 0 Å². The second kappa shape index (κ2) is 5.32. The van der Waals surface area contributed by atoms with Crippen LogP contribution in [0.15, 0.2) is 0 Å². The van der Waals surface area contributed by atoms with Crippen LogP contribution in [0.1, 0.15) is 39.0 Å². The van der Waals surface area contributed by atoms with E-state index in [2.05, 4.69) is 22.9 Å². The molecule has 0 aromatic heterocycles. The third-order valence-corrected chi connectivity index (χ3v) is 5.81. The molecule has 3 nitrogen and oxygen atoms in total. The molecule has 2 saturated carbocycles. The van der Waals surface area contributed by atoms with Gasteiger partial charge in [-0.1, -0.05) is 29.3 Å². The summed E-state index contributed by atoms with van der Waals surface area (Å²) in [5, 5.41) is 0.869. The first-order valence-corrected chi connectivity index (χ1v) is 7.91. The summed E-state index contributed by atoms with van der Waals surface area (Å²) < 4.78 is 4.98. The summed E-state index contributed by atoms with van der Waals surface area (Å²) in [6.45, 7) is 2.16. The topological polar surface area (TPSA) is 43.4 Å². The standard InChI is InChI=1S/C14H21BrO3/c1-3-10-9(8-15)7-14(13(17)18-2)11(10)5-4-6-12(14)16/h9-11H,3-8H2,1-2H3/t9-,10+,11+,14+/m0/s1. The minimum atomic E-state index is -0.827. The predicted octanol–water partition coefficient (Wildman–Crippen LogP) is 2.96. The van der Waals surface area contributed by atoms with Gasteiger partial charge >= 0.3 is 5.97 Å². The van der Waals surface area contributed by atoms with Crippen LogP contribution < -0.4 is 0 Å². The molecule has 0 bridgehead atoms. The molecule has 2 aliphatic rings. The fraction of sp³-hybridized carbons (Fsp3) is 0.857. The fourth-order valence-electron chi connectivity index (χ4n) is 4.21. The normalized spacial score (nSPS) is 39.5. The molecule has 0 N–H and O–H groups in total. The first kappa shape index (κ1) is 14.0. The maximum atomic E-state index is 12.4. The average Bonchev–Trinajstić information content (AvgIpc) is 2.73. The molecule has 4 atom stereocenters. The van der Waals surface area contributed by atoms with Crippen LogP contribution in [0.25, 0.3) is 0 Å². The van der Waals surface area contributed by atoms with Crippen molar-refractivity contribution >= 4 is 27.7 Å². The minimum Gasteiger partial charge on any atom is -0.468 e. The number of fused-ring (bicyclic) bond motifs is 1. The van der Waals surface area contributed by atoms with Crippen LogP contribution in [-0.2, 0) is 14.3 Å². The molecule has 0 unspecified atom stereocenters. The molecular formula is C14H21BrO3. The summed E-state index contributed by atoms with van der Waals surface area (Å²) in [5.41, 5.74) is -0.827. The number of carbonyl (C=O) groups is 2. The van der Waals surface area contributed by atoms with Crippen molar-refractivity contribution in [3.05, 3.63) is 0 Å². The maximum Gasteiger partial charge on any atom is 0.319 e. The number of alkyl halides is 1. The number of ether oxygens (including phenoxy) is 1. The predicted molar refractivity (Wildman–Crippen MR) is 72.5 cm³/mol. The molecule has 0 aromatic carbocycles. The van der Waals surface area contributed by atoms with E-state index in [4.69, 9.17) is 4.74 Å². The lowest BCUT2D eigenvalue weighted by Crippen LogP contribution is -2.47. The van der Waals surface area contributed by atoms with E-state index < -0.39 is 5.41 Å². The van der Waals surface area contributed by atoms with Gasteiger partial charge in [-0.05, 0) is 37.0 Å². The first-order chi connectivity index (χ1) is 8.61. The molecule has 0 radical (unpaired) electrons. The van der Waals surface area contributed by atoms with Crippen molar-refractivity contribution in [2.75, 3.05) is 12.4 Å². The molecule has 102 valence electrons. The zero-order chi connectivity index (χ0) is 13.3. The first-order valence-electron chi connectivity index (χ1n) is 6.79. The molecule has 0 spiro atoms. The van der Waals surface area contributed by atoms with Crippen molar-refractivity contribution in [3.8, 4) is 0 Å². The summed E-state index contributed by atoms with van der Waals surface area (Å²) in [5.74, 6) is 0.902. The van der Waals surface area contributed by atoms with Gasteiger partial charge in [-0.25, -0.2) is 0 Å². The van der Waals surface area contributed by atoms with Crippen molar-refractivity contribution < 1.29 is 14.3 Å². The molecule has 0 aromatic rings. The highest BCUT2D eigenvalue weighted by Gasteiger charge is 2.62. The van der Waals surface area contributed by atoms with Crippen molar-refractivity contribution in [1.82, 2.24) is 0 Å². The Morgan fingerprint density at radius 3 is 2.83 bits per heavy atom. The molecule has 2 aliphatic carbocycles. The van der Waals surface area contributed by atoms with E-state index in [-0.39, 0.29) is 17.7 Å². The SMILES string of the molecule is CC[C@@H]1[C@H](CBr)C[C@]2(C(=O)OC)C(=O)CCC[C@H]12. The molecule has 0 heterocycles. The van der Waals surface area contributed by atoms with Crippen molar-refractivity contribution in [2.24, 2.45) is 23.2 Å². The van der Waals surface area contributed by atoms with E-state index >= 15 is 0 Å². The van der Waals surface area contributed by atoms with Crippen LogP contribution in [0.3, 0.4) is 0 Å². The number of methoxy groups -OCH3 is 1. The lowest BCUT2D eigenvalue weighted by atomic mass is 9.65. The Balaban J connectivity index is 2.42. The number of hydrogen-bond donors (Lipinski definition) is 0. The largest absolute Gasteiger partial charge is 0.468 e. The Morgan fingerprint density at radius 1 is 1.56 bits per heavy atom. The van der Waals surface area contributed by atoms with Crippen LogP contribution in [0.5, 0.6) is 0 Å². The van der Waals surface area contributed by atoms with Gasteiger partial charge in [-0.3, -0.25) is 9.59 Å². The fourth-order valence-corrected chi connectivity index (χ4v) is 4.92. The van der Waals surface area contributed by atoms with Gasteiger partial charge in [-0.15, -0.1) is 0 Å². The van der Waals surface area contributed by atoms with Gasteiger partial charge in [0.2, 0.25) is 0 Å². The maximum absolute atomic E-state index is 12.4. The third-order valence-electron chi connectivity index (χ3n) is 4.98. The van der Waals surface area contributed by atoms with Crippen LogP contribution in [-0.4, -0.2) is 24.2 Å². The minimum absolute atomic E-state index is 0.118. The molecule has 4 heteroatoms. The van der Waals surface area contributed by atoms with Crippen molar-refractivity contribution in [3.63, 3.8) is 0 Å². The summed E-state index contributed by atoms with van der Waals surface area (Å²) in [6.07, 6.45) is 4.16. The van der Waals surface area contributed by atoms with Gasteiger partial charge in [0.1, 0.15) is 11.2 Å². The summed E-state index contributed by atoms with van der Waals surface area (Å²) in [4.78, 5) is 24.7. The van der Waals surface area contributed by atoms with E-state index in [0.717, 1.165) is 24.6 Å². The zero-order valence-electron chi connectivity index (χ0n) is 11.1. The smallest absolute Gasteiger partial charge is 0.319 e. The van der Waals surface area contributed by atoms with E-state index in [9.17, 15) is 9.59 Å². The number of Topliss-reactive ketones (excluding diaryl/α,β-unsaturated/α-hetero) is 1. The molecule has 18 heavy (non-hydrogen) atoms. The monoisotopic (exact) mass is 316 g/mol. The average molecular weight is 317 g/mol. The van der Waals surface area contributed by atoms with Crippen molar-refractivity contribution in [2.45, 2.75) is 39.0 Å². The Morgan fingerprint density at radius 2 is 2.28 bits per heavy atom. The molecule has 0 saturated heterocycles. The Labute approximate surface area is 117 Å². The zero-order valence-corrected chi connectivity index (χ0v) is 12.7. The van der Waals surface area contributed by atoms with E-state index in [0.29, 0.717) is 24.7 Å². The molecule has 2 fully saturated rings. The summed E-state index contributed by atoms with van der Waals surface area (Å²) in [6, 6.07) is 0. The lowest BCUT2D eigenvalue weighted by molar-refractivity contribution is -0.163. The van der Waals surface area contributed by atoms with Crippen LogP contribution >= 0.6 is 15.9 Å². The van der Waals surface area contributed by atoms with Gasteiger partial charge in [-0.2, -0.15) is 0 Å². The molecule has 2 rings (SSSR count). The van der Waals surface area contributed by atoms with E-state index in [1.807, 2.05) is 0 Å². The second-order valence-electron chi connectivity index (χ2n) is 5.58. The molecule has 0 amide bonds. The quantitative estimate of drug-likeness (QED) is 0.457. The van der Waals surface area contributed by atoms with Gasteiger partial charge < -0.3 is 4.74 Å². The van der Waals surface area contributed by atoms with Crippen LogP contribution in [0.4, 0.5) is 0 Å². The number of esters is 1. The second-order valence-corrected chi connectivity index (χ2v) is 6.22. The van der Waals surface area contributed by atoms with Gasteiger partial charge in [0.25, 0.3) is 0 Å². The Hall–Kier alpha value is -0.380. The van der Waals surface area contributed by atoms with Crippen LogP contribution in [0, 0.1) is 23.2 Å². The highest BCUT2D eigenvalue weighted by molar-refractivity contribution is 9.09. The molecular weight excluding hydrogens is 296 g/mol. The van der Waals surface area contributed by atoms with E-state index in [1.54, 1.807) is 0 Å².